The third-order valence-corrected chi connectivity index (χ3v) is 5.63. The molecule has 2 aromatic rings. The molecule has 1 aliphatic heterocycles. The van der Waals surface area contributed by atoms with Gasteiger partial charge in [-0.2, -0.15) is 21.8 Å². The fraction of sp³-hybridized carbons (Fsp3) is 0.562. The first kappa shape index (κ1) is 17.7. The van der Waals surface area contributed by atoms with E-state index in [0.717, 1.165) is 22.7 Å². The van der Waals surface area contributed by atoms with Gasteiger partial charge in [0, 0.05) is 35.9 Å². The van der Waals surface area contributed by atoms with Crippen LogP contribution in [0.2, 0.25) is 0 Å². The van der Waals surface area contributed by atoms with E-state index in [9.17, 15) is 9.59 Å². The molecule has 0 aliphatic carbocycles. The van der Waals surface area contributed by atoms with Crippen molar-refractivity contribution in [3.8, 4) is 0 Å². The molecule has 0 saturated carbocycles. The molecule has 25 heavy (non-hydrogen) atoms. The van der Waals surface area contributed by atoms with Gasteiger partial charge in [-0.25, -0.2) is 9.50 Å². The van der Waals surface area contributed by atoms with Gasteiger partial charge in [-0.1, -0.05) is 0 Å². The fourth-order valence-electron chi connectivity index (χ4n) is 3.25. The van der Waals surface area contributed by atoms with Crippen LogP contribution in [0.25, 0.3) is 5.78 Å². The van der Waals surface area contributed by atoms with E-state index in [2.05, 4.69) is 15.1 Å². The van der Waals surface area contributed by atoms with Crippen LogP contribution in [0.1, 0.15) is 29.8 Å². The molecule has 1 N–H and O–H groups in total. The van der Waals surface area contributed by atoms with Gasteiger partial charge in [0.25, 0.3) is 5.78 Å². The number of fused-ring (bicyclic) bond motifs is 1. The van der Waals surface area contributed by atoms with E-state index in [1.54, 1.807) is 21.2 Å². The lowest BCUT2D eigenvalue weighted by Crippen LogP contribution is -2.47. The van der Waals surface area contributed by atoms with Crippen LogP contribution in [0.15, 0.2) is 6.33 Å². The molecule has 1 atom stereocenters. The predicted octanol–water partition coefficient (Wildman–Crippen LogP) is 1.09. The number of carbonyl (C=O) groups is 2. The number of thioether (sulfide) groups is 1. The van der Waals surface area contributed by atoms with Gasteiger partial charge >= 0.3 is 5.97 Å². The maximum Gasteiger partial charge on any atom is 0.305 e. The zero-order valence-corrected chi connectivity index (χ0v) is 15.1. The third kappa shape index (κ3) is 3.76. The maximum absolute atomic E-state index is 12.7. The van der Waals surface area contributed by atoms with Gasteiger partial charge in [-0.05, 0) is 25.8 Å². The SMILES string of the molecule is Cc1nc2ncnn2c(C)c1CCC(=O)N1CCSCC1CC(=O)O. The van der Waals surface area contributed by atoms with Gasteiger partial charge in [0.1, 0.15) is 6.33 Å². The summed E-state index contributed by atoms with van der Waals surface area (Å²) < 4.78 is 1.68. The quantitative estimate of drug-likeness (QED) is 0.848. The van der Waals surface area contributed by atoms with Gasteiger partial charge in [0.05, 0.1) is 12.5 Å². The molecule has 8 nitrogen and oxygen atoms in total. The Kier molecular flexibility index (Phi) is 5.22. The Labute approximate surface area is 149 Å². The first-order chi connectivity index (χ1) is 12.0. The lowest BCUT2D eigenvalue weighted by molar-refractivity contribution is -0.140. The number of carboxylic acids is 1. The molecule has 1 amide bonds. The summed E-state index contributed by atoms with van der Waals surface area (Å²) in [4.78, 5) is 34.0. The monoisotopic (exact) mass is 363 g/mol. The summed E-state index contributed by atoms with van der Waals surface area (Å²) in [5.74, 6) is 1.23. The zero-order chi connectivity index (χ0) is 18.0. The molecule has 9 heteroatoms. The van der Waals surface area contributed by atoms with Crippen LogP contribution in [0.4, 0.5) is 0 Å². The molecule has 2 aromatic heterocycles. The average Bonchev–Trinajstić information content (AvgIpc) is 3.02. The normalized spacial score (nSPS) is 17.8. The van der Waals surface area contributed by atoms with Crippen LogP contribution in [-0.2, 0) is 16.0 Å². The lowest BCUT2D eigenvalue weighted by atomic mass is 10.1. The van der Waals surface area contributed by atoms with Crippen molar-refractivity contribution in [1.29, 1.82) is 0 Å². The summed E-state index contributed by atoms with van der Waals surface area (Å²) in [7, 11) is 0. The van der Waals surface area contributed by atoms with E-state index in [1.807, 2.05) is 13.8 Å². The first-order valence-electron chi connectivity index (χ1n) is 8.22. The zero-order valence-electron chi connectivity index (χ0n) is 14.3. The van der Waals surface area contributed by atoms with E-state index in [1.165, 1.54) is 6.33 Å². The van der Waals surface area contributed by atoms with Crippen LogP contribution in [-0.4, -0.2) is 65.6 Å². The van der Waals surface area contributed by atoms with Crippen molar-refractivity contribution in [2.45, 2.75) is 39.2 Å². The Morgan fingerprint density at radius 1 is 1.40 bits per heavy atom. The van der Waals surface area contributed by atoms with E-state index in [0.29, 0.717) is 30.9 Å². The lowest BCUT2D eigenvalue weighted by Gasteiger charge is -2.34. The highest BCUT2D eigenvalue weighted by Crippen LogP contribution is 2.21. The minimum atomic E-state index is -0.863. The molecule has 3 rings (SSSR count). The number of hydrogen-bond donors (Lipinski definition) is 1. The minimum Gasteiger partial charge on any atom is -0.481 e. The second-order valence-corrected chi connectivity index (χ2v) is 7.30. The Bertz CT molecular complexity index is 806. The fourth-order valence-corrected chi connectivity index (χ4v) is 4.31. The smallest absolute Gasteiger partial charge is 0.305 e. The standard InChI is InChI=1S/C16H21N5O3S/c1-10-13(11(2)21-16(19-10)17-9-18-21)3-4-14(22)20-5-6-25-8-12(20)7-15(23)24/h9,12H,3-8H2,1-2H3,(H,23,24). The van der Waals surface area contributed by atoms with Crippen LogP contribution in [0.5, 0.6) is 0 Å². The van der Waals surface area contributed by atoms with E-state index < -0.39 is 5.97 Å². The number of aryl methyl sites for hydroxylation is 2. The molecular formula is C16H21N5O3S. The number of hydrogen-bond acceptors (Lipinski definition) is 6. The Balaban J connectivity index is 1.72. The van der Waals surface area contributed by atoms with Gasteiger partial charge in [-0.3, -0.25) is 9.59 Å². The van der Waals surface area contributed by atoms with Crippen LogP contribution < -0.4 is 0 Å². The molecular weight excluding hydrogens is 342 g/mol. The topological polar surface area (TPSA) is 101 Å². The average molecular weight is 363 g/mol. The molecule has 0 radical (unpaired) electrons. The van der Waals surface area contributed by atoms with Crippen molar-refractivity contribution in [3.05, 3.63) is 23.3 Å². The summed E-state index contributed by atoms with van der Waals surface area (Å²) in [6.07, 6.45) is 2.36. The van der Waals surface area contributed by atoms with Gasteiger partial charge < -0.3 is 10.0 Å². The number of carboxylic acid groups (broad SMARTS) is 1. The van der Waals surface area contributed by atoms with E-state index >= 15 is 0 Å². The van der Waals surface area contributed by atoms with E-state index in [-0.39, 0.29) is 18.4 Å². The minimum absolute atomic E-state index is 0.00324. The summed E-state index contributed by atoms with van der Waals surface area (Å²) in [5.41, 5.74) is 2.78. The van der Waals surface area contributed by atoms with Gasteiger partial charge in [0.2, 0.25) is 5.91 Å². The van der Waals surface area contributed by atoms with Crippen molar-refractivity contribution in [3.63, 3.8) is 0 Å². The third-order valence-electron chi connectivity index (χ3n) is 4.54. The molecule has 0 aromatic carbocycles. The molecule has 3 heterocycles. The molecule has 0 bridgehead atoms. The highest BCUT2D eigenvalue weighted by Gasteiger charge is 2.28. The molecule has 0 spiro atoms. The highest BCUT2D eigenvalue weighted by atomic mass is 32.2. The van der Waals surface area contributed by atoms with Gasteiger partial charge in [0.15, 0.2) is 0 Å². The number of aromatic nitrogens is 4. The van der Waals surface area contributed by atoms with Crippen molar-refractivity contribution < 1.29 is 14.7 Å². The Morgan fingerprint density at radius 2 is 2.20 bits per heavy atom. The van der Waals surface area contributed by atoms with Gasteiger partial charge in [-0.15, -0.1) is 0 Å². The Hall–Kier alpha value is -2.16. The van der Waals surface area contributed by atoms with Crippen molar-refractivity contribution in [1.82, 2.24) is 24.5 Å². The van der Waals surface area contributed by atoms with Crippen LogP contribution in [0, 0.1) is 13.8 Å². The summed E-state index contributed by atoms with van der Waals surface area (Å²) in [6, 6.07) is -0.220. The maximum atomic E-state index is 12.7. The van der Waals surface area contributed by atoms with Crippen molar-refractivity contribution in [2.75, 3.05) is 18.1 Å². The molecule has 134 valence electrons. The molecule has 1 unspecified atom stereocenters. The molecule has 1 fully saturated rings. The summed E-state index contributed by atoms with van der Waals surface area (Å²) in [6.45, 7) is 4.47. The van der Waals surface area contributed by atoms with Crippen molar-refractivity contribution >= 4 is 29.4 Å². The van der Waals surface area contributed by atoms with Crippen molar-refractivity contribution in [2.24, 2.45) is 0 Å². The number of aliphatic carboxylic acids is 1. The predicted molar refractivity (Wildman–Crippen MR) is 93.7 cm³/mol. The van der Waals surface area contributed by atoms with Crippen LogP contribution >= 0.6 is 11.8 Å². The molecule has 1 aliphatic rings. The van der Waals surface area contributed by atoms with Crippen LogP contribution in [0.3, 0.4) is 0 Å². The van der Waals surface area contributed by atoms with E-state index in [4.69, 9.17) is 5.11 Å². The number of nitrogens with zero attached hydrogens (tertiary/aromatic N) is 5. The Morgan fingerprint density at radius 3 is 2.96 bits per heavy atom. The number of rotatable bonds is 5. The second kappa shape index (κ2) is 7.38. The number of amides is 1. The summed E-state index contributed by atoms with van der Waals surface area (Å²) in [5, 5.41) is 13.2. The highest BCUT2D eigenvalue weighted by molar-refractivity contribution is 7.99. The largest absolute Gasteiger partial charge is 0.481 e. The number of carbonyl (C=O) groups excluding carboxylic acids is 1. The molecule has 1 saturated heterocycles. The summed E-state index contributed by atoms with van der Waals surface area (Å²) >= 11 is 1.70. The second-order valence-electron chi connectivity index (χ2n) is 6.15. The first-order valence-corrected chi connectivity index (χ1v) is 9.37.